The predicted octanol–water partition coefficient (Wildman–Crippen LogP) is 1.81. The van der Waals surface area contributed by atoms with Crippen LogP contribution in [0.15, 0.2) is 6.07 Å². The van der Waals surface area contributed by atoms with Crippen LogP contribution >= 0.6 is 0 Å². The molecule has 0 amide bonds. The second-order valence-corrected chi connectivity index (χ2v) is 4.58. The fourth-order valence-corrected chi connectivity index (χ4v) is 2.24. The van der Waals surface area contributed by atoms with Gasteiger partial charge in [0.15, 0.2) is 0 Å². The molecular weight excluding hydrogens is 202 g/mol. The molecule has 2 rings (SSSR count). The maximum Gasteiger partial charge on any atom is 0.223 e. The van der Waals surface area contributed by atoms with Gasteiger partial charge >= 0.3 is 0 Å². The second-order valence-electron chi connectivity index (χ2n) is 4.58. The van der Waals surface area contributed by atoms with E-state index >= 15 is 0 Å². The van der Waals surface area contributed by atoms with Crippen molar-refractivity contribution in [2.24, 2.45) is 0 Å². The summed E-state index contributed by atoms with van der Waals surface area (Å²) in [5, 5.41) is 13.1. The summed E-state index contributed by atoms with van der Waals surface area (Å²) in [6, 6.07) is 2.05. The molecule has 1 aliphatic carbocycles. The fraction of sp³-hybridized carbons (Fsp3) is 0.667. The molecule has 0 spiro atoms. The number of hydrogen-bond acceptors (Lipinski definition) is 4. The van der Waals surface area contributed by atoms with Crippen molar-refractivity contribution >= 4 is 5.95 Å². The average molecular weight is 221 g/mol. The lowest BCUT2D eigenvalue weighted by atomic mass is 9.93. The summed E-state index contributed by atoms with van der Waals surface area (Å²) in [4.78, 5) is 8.66. The van der Waals surface area contributed by atoms with Gasteiger partial charge < -0.3 is 10.4 Å². The first-order valence-corrected chi connectivity index (χ1v) is 5.92. The SMILES string of the molecule is Cc1cc(C)nc(N[C@H]2CCCC[C@@H]2O)n1. The van der Waals surface area contributed by atoms with Gasteiger partial charge in [0.25, 0.3) is 0 Å². The van der Waals surface area contributed by atoms with Crippen LogP contribution in [-0.2, 0) is 0 Å². The molecule has 0 aromatic carbocycles. The van der Waals surface area contributed by atoms with Gasteiger partial charge in [-0.3, -0.25) is 0 Å². The molecule has 2 atom stereocenters. The lowest BCUT2D eigenvalue weighted by Crippen LogP contribution is -2.36. The van der Waals surface area contributed by atoms with Crippen LogP contribution in [0.4, 0.5) is 5.95 Å². The molecule has 0 aliphatic heterocycles. The summed E-state index contributed by atoms with van der Waals surface area (Å²) >= 11 is 0. The zero-order chi connectivity index (χ0) is 11.5. The van der Waals surface area contributed by atoms with E-state index in [0.29, 0.717) is 5.95 Å². The zero-order valence-corrected chi connectivity index (χ0v) is 9.90. The molecule has 2 N–H and O–H groups in total. The highest BCUT2D eigenvalue weighted by Gasteiger charge is 2.23. The number of anilines is 1. The molecule has 1 heterocycles. The summed E-state index contributed by atoms with van der Waals surface area (Å²) in [5.74, 6) is 0.642. The number of nitrogens with one attached hydrogen (secondary N) is 1. The monoisotopic (exact) mass is 221 g/mol. The molecule has 88 valence electrons. The van der Waals surface area contributed by atoms with E-state index in [2.05, 4.69) is 15.3 Å². The van der Waals surface area contributed by atoms with Crippen LogP contribution in [0.5, 0.6) is 0 Å². The molecule has 0 radical (unpaired) electrons. The predicted molar refractivity (Wildman–Crippen MR) is 63.4 cm³/mol. The summed E-state index contributed by atoms with van der Waals surface area (Å²) < 4.78 is 0. The topological polar surface area (TPSA) is 58.0 Å². The zero-order valence-electron chi connectivity index (χ0n) is 9.90. The van der Waals surface area contributed by atoms with Crippen molar-refractivity contribution in [3.8, 4) is 0 Å². The van der Waals surface area contributed by atoms with Crippen molar-refractivity contribution < 1.29 is 5.11 Å². The lowest BCUT2D eigenvalue weighted by molar-refractivity contribution is 0.116. The number of nitrogens with zero attached hydrogens (tertiary/aromatic N) is 2. The van der Waals surface area contributed by atoms with E-state index < -0.39 is 0 Å². The Labute approximate surface area is 96.1 Å². The molecule has 1 aliphatic rings. The quantitative estimate of drug-likeness (QED) is 0.799. The van der Waals surface area contributed by atoms with Crippen LogP contribution < -0.4 is 5.32 Å². The minimum atomic E-state index is -0.266. The van der Waals surface area contributed by atoms with E-state index in [4.69, 9.17) is 0 Å². The maximum absolute atomic E-state index is 9.85. The number of aryl methyl sites for hydroxylation is 2. The number of aliphatic hydroxyl groups excluding tert-OH is 1. The van der Waals surface area contributed by atoms with Gasteiger partial charge in [-0.2, -0.15) is 0 Å². The average Bonchev–Trinajstić information content (AvgIpc) is 2.20. The lowest BCUT2D eigenvalue weighted by Gasteiger charge is -2.28. The molecule has 0 unspecified atom stereocenters. The fourth-order valence-electron chi connectivity index (χ4n) is 2.24. The first kappa shape index (κ1) is 11.3. The Balaban J connectivity index is 2.07. The third-order valence-corrected chi connectivity index (χ3v) is 3.03. The van der Waals surface area contributed by atoms with Gasteiger partial charge in [0.05, 0.1) is 12.1 Å². The molecule has 1 aromatic heterocycles. The van der Waals surface area contributed by atoms with Gasteiger partial charge in [-0.15, -0.1) is 0 Å². The van der Waals surface area contributed by atoms with Crippen molar-refractivity contribution in [3.63, 3.8) is 0 Å². The highest BCUT2D eigenvalue weighted by molar-refractivity contribution is 5.29. The van der Waals surface area contributed by atoms with E-state index in [1.165, 1.54) is 6.42 Å². The van der Waals surface area contributed by atoms with E-state index in [-0.39, 0.29) is 12.1 Å². The molecule has 1 aromatic rings. The molecule has 1 saturated carbocycles. The molecule has 4 nitrogen and oxygen atoms in total. The van der Waals surface area contributed by atoms with Crippen LogP contribution in [0, 0.1) is 13.8 Å². The maximum atomic E-state index is 9.85. The summed E-state index contributed by atoms with van der Waals surface area (Å²) in [7, 11) is 0. The summed E-state index contributed by atoms with van der Waals surface area (Å²) in [6.07, 6.45) is 3.89. The molecular formula is C12H19N3O. The Bertz CT molecular complexity index is 347. The van der Waals surface area contributed by atoms with Crippen LogP contribution in [0.1, 0.15) is 37.1 Å². The Morgan fingerprint density at radius 3 is 2.44 bits per heavy atom. The summed E-state index contributed by atoms with van der Waals surface area (Å²) in [6.45, 7) is 3.91. The largest absolute Gasteiger partial charge is 0.391 e. The normalized spacial score (nSPS) is 25.4. The van der Waals surface area contributed by atoms with Crippen LogP contribution in [0.3, 0.4) is 0 Å². The molecule has 1 fully saturated rings. The minimum absolute atomic E-state index is 0.106. The van der Waals surface area contributed by atoms with Crippen LogP contribution in [0.25, 0.3) is 0 Å². The Morgan fingerprint density at radius 2 is 1.81 bits per heavy atom. The van der Waals surface area contributed by atoms with Gasteiger partial charge in [0.1, 0.15) is 0 Å². The highest BCUT2D eigenvalue weighted by atomic mass is 16.3. The first-order valence-electron chi connectivity index (χ1n) is 5.92. The third kappa shape index (κ3) is 2.70. The van der Waals surface area contributed by atoms with Gasteiger partial charge in [-0.1, -0.05) is 12.8 Å². The standard InChI is InChI=1S/C12H19N3O/c1-8-7-9(2)14-12(13-8)15-10-5-3-4-6-11(10)16/h7,10-11,16H,3-6H2,1-2H3,(H,13,14,15)/t10-,11-/m0/s1. The van der Waals surface area contributed by atoms with E-state index in [0.717, 1.165) is 30.7 Å². The van der Waals surface area contributed by atoms with Gasteiger partial charge in [0, 0.05) is 11.4 Å². The molecule has 0 saturated heterocycles. The number of hydrogen-bond donors (Lipinski definition) is 2. The highest BCUT2D eigenvalue weighted by Crippen LogP contribution is 2.21. The molecule has 0 bridgehead atoms. The Hall–Kier alpha value is -1.16. The van der Waals surface area contributed by atoms with Crippen LogP contribution in [-0.4, -0.2) is 27.2 Å². The first-order chi connectivity index (χ1) is 7.65. The van der Waals surface area contributed by atoms with Crippen molar-refractivity contribution in [2.45, 2.75) is 51.7 Å². The number of aliphatic hydroxyl groups is 1. The molecule has 16 heavy (non-hydrogen) atoms. The van der Waals surface area contributed by atoms with Crippen molar-refractivity contribution in [2.75, 3.05) is 5.32 Å². The minimum Gasteiger partial charge on any atom is -0.391 e. The van der Waals surface area contributed by atoms with E-state index in [9.17, 15) is 5.11 Å². The number of rotatable bonds is 2. The van der Waals surface area contributed by atoms with Gasteiger partial charge in [0.2, 0.25) is 5.95 Å². The Morgan fingerprint density at radius 1 is 1.19 bits per heavy atom. The van der Waals surface area contributed by atoms with E-state index in [1.807, 2.05) is 19.9 Å². The third-order valence-electron chi connectivity index (χ3n) is 3.03. The van der Waals surface area contributed by atoms with Gasteiger partial charge in [-0.25, -0.2) is 9.97 Å². The second kappa shape index (κ2) is 4.78. The van der Waals surface area contributed by atoms with Gasteiger partial charge in [-0.05, 0) is 32.8 Å². The Kier molecular flexibility index (Phi) is 3.39. The van der Waals surface area contributed by atoms with Crippen molar-refractivity contribution in [1.29, 1.82) is 0 Å². The van der Waals surface area contributed by atoms with Crippen LogP contribution in [0.2, 0.25) is 0 Å². The van der Waals surface area contributed by atoms with E-state index in [1.54, 1.807) is 0 Å². The van der Waals surface area contributed by atoms with Crippen molar-refractivity contribution in [3.05, 3.63) is 17.5 Å². The number of aromatic nitrogens is 2. The summed E-state index contributed by atoms with van der Waals surface area (Å²) in [5.41, 5.74) is 1.92. The molecule has 4 heteroatoms. The smallest absolute Gasteiger partial charge is 0.223 e. The van der Waals surface area contributed by atoms with Crippen molar-refractivity contribution in [1.82, 2.24) is 9.97 Å².